The maximum absolute atomic E-state index is 13.2. The summed E-state index contributed by atoms with van der Waals surface area (Å²) in [5.74, 6) is -0.821. The van der Waals surface area contributed by atoms with E-state index in [1.807, 2.05) is 0 Å². The Morgan fingerprint density at radius 1 is 1.47 bits per heavy atom. The summed E-state index contributed by atoms with van der Waals surface area (Å²) in [6.07, 6.45) is 0. The van der Waals surface area contributed by atoms with Crippen LogP contribution in [0.2, 0.25) is 0 Å². The van der Waals surface area contributed by atoms with Gasteiger partial charge < -0.3 is 15.4 Å². The number of esters is 1. The van der Waals surface area contributed by atoms with E-state index in [2.05, 4.69) is 10.6 Å². The molecule has 0 aliphatic heterocycles. The zero-order valence-electron chi connectivity index (χ0n) is 9.33. The van der Waals surface area contributed by atoms with Crippen LogP contribution in [0.5, 0.6) is 0 Å². The molecule has 92 valence electrons. The van der Waals surface area contributed by atoms with Crippen LogP contribution in [0.4, 0.5) is 10.1 Å². The third kappa shape index (κ3) is 4.78. The predicted octanol–water partition coefficient (Wildman–Crippen LogP) is 1.68. The number of anilines is 1. The van der Waals surface area contributed by atoms with Gasteiger partial charge in [0, 0.05) is 0 Å². The number of para-hydroxylation sites is 1. The van der Waals surface area contributed by atoms with Crippen LogP contribution in [0.3, 0.4) is 0 Å². The van der Waals surface area contributed by atoms with Crippen LogP contribution in [0.15, 0.2) is 24.3 Å². The van der Waals surface area contributed by atoms with Crippen LogP contribution in [-0.2, 0) is 9.53 Å². The first-order valence-corrected chi connectivity index (χ1v) is 5.49. The van der Waals surface area contributed by atoms with E-state index in [1.165, 1.54) is 6.07 Å². The largest absolute Gasteiger partial charge is 0.465 e. The summed E-state index contributed by atoms with van der Waals surface area (Å²) in [6, 6.07) is 6.12. The van der Waals surface area contributed by atoms with E-state index in [0.717, 1.165) is 0 Å². The lowest BCUT2D eigenvalue weighted by Crippen LogP contribution is -2.34. The molecule has 1 rings (SSSR count). The van der Waals surface area contributed by atoms with Crippen LogP contribution >= 0.6 is 12.2 Å². The van der Waals surface area contributed by atoms with Crippen LogP contribution in [-0.4, -0.2) is 24.2 Å². The molecule has 6 heteroatoms. The molecule has 0 atom stereocenters. The monoisotopic (exact) mass is 256 g/mol. The summed E-state index contributed by atoms with van der Waals surface area (Å²) in [4.78, 5) is 11.0. The summed E-state index contributed by atoms with van der Waals surface area (Å²) in [5.41, 5.74) is 0.258. The Bertz CT molecular complexity index is 412. The van der Waals surface area contributed by atoms with Crippen molar-refractivity contribution in [1.82, 2.24) is 5.32 Å². The van der Waals surface area contributed by atoms with Crippen molar-refractivity contribution >= 4 is 29.0 Å². The highest BCUT2D eigenvalue weighted by Crippen LogP contribution is 2.11. The lowest BCUT2D eigenvalue weighted by Gasteiger charge is -2.10. The molecule has 0 heterocycles. The molecular formula is C11H13FN2O2S. The SMILES string of the molecule is CCOC(=O)CNC(=S)Nc1ccccc1F. The zero-order chi connectivity index (χ0) is 12.7. The average molecular weight is 256 g/mol. The van der Waals surface area contributed by atoms with Gasteiger partial charge in [0.05, 0.1) is 12.3 Å². The molecule has 0 unspecified atom stereocenters. The summed E-state index contributed by atoms with van der Waals surface area (Å²) >= 11 is 4.90. The Morgan fingerprint density at radius 3 is 2.82 bits per heavy atom. The number of carbonyl (C=O) groups excluding carboxylic acids is 1. The third-order valence-electron chi connectivity index (χ3n) is 1.82. The Morgan fingerprint density at radius 2 is 2.18 bits per heavy atom. The Hall–Kier alpha value is -1.69. The topological polar surface area (TPSA) is 50.4 Å². The van der Waals surface area contributed by atoms with E-state index < -0.39 is 11.8 Å². The minimum absolute atomic E-state index is 0.0475. The molecule has 0 bridgehead atoms. The fourth-order valence-electron chi connectivity index (χ4n) is 1.09. The van der Waals surface area contributed by atoms with E-state index >= 15 is 0 Å². The maximum atomic E-state index is 13.2. The van der Waals surface area contributed by atoms with Gasteiger partial charge in [-0.1, -0.05) is 12.1 Å². The van der Waals surface area contributed by atoms with Gasteiger partial charge in [-0.3, -0.25) is 4.79 Å². The molecular weight excluding hydrogens is 243 g/mol. The van der Waals surface area contributed by atoms with Crippen molar-refractivity contribution in [3.63, 3.8) is 0 Å². The van der Waals surface area contributed by atoms with Crippen molar-refractivity contribution in [2.75, 3.05) is 18.5 Å². The van der Waals surface area contributed by atoms with Crippen LogP contribution < -0.4 is 10.6 Å². The number of ether oxygens (including phenoxy) is 1. The van der Waals surface area contributed by atoms with E-state index in [4.69, 9.17) is 17.0 Å². The molecule has 17 heavy (non-hydrogen) atoms. The number of thiocarbonyl (C=S) groups is 1. The van der Waals surface area contributed by atoms with Crippen molar-refractivity contribution in [3.8, 4) is 0 Å². The lowest BCUT2D eigenvalue weighted by molar-refractivity contribution is -0.141. The molecule has 0 aliphatic carbocycles. The number of carbonyl (C=O) groups is 1. The molecule has 0 saturated heterocycles. The van der Waals surface area contributed by atoms with Gasteiger partial charge in [0.15, 0.2) is 5.11 Å². The van der Waals surface area contributed by atoms with Gasteiger partial charge in [0.25, 0.3) is 0 Å². The predicted molar refractivity (Wildman–Crippen MR) is 67.3 cm³/mol. The zero-order valence-corrected chi connectivity index (χ0v) is 10.1. The summed E-state index contributed by atoms with van der Waals surface area (Å²) in [7, 11) is 0. The smallest absolute Gasteiger partial charge is 0.325 e. The minimum Gasteiger partial charge on any atom is -0.465 e. The molecule has 0 radical (unpaired) electrons. The van der Waals surface area contributed by atoms with E-state index in [9.17, 15) is 9.18 Å². The fourth-order valence-corrected chi connectivity index (χ4v) is 1.28. The second-order valence-corrected chi connectivity index (χ2v) is 3.50. The Balaban J connectivity index is 2.40. The van der Waals surface area contributed by atoms with Gasteiger partial charge in [-0.25, -0.2) is 4.39 Å². The normalized spacial score (nSPS) is 9.53. The highest BCUT2D eigenvalue weighted by Gasteiger charge is 2.05. The summed E-state index contributed by atoms with van der Waals surface area (Å²) in [6.45, 7) is 1.98. The average Bonchev–Trinajstić information content (AvgIpc) is 2.30. The van der Waals surface area contributed by atoms with Crippen LogP contribution in [0, 0.1) is 5.82 Å². The molecule has 0 aromatic heterocycles. The van der Waals surface area contributed by atoms with E-state index in [0.29, 0.717) is 6.61 Å². The molecule has 0 spiro atoms. The van der Waals surface area contributed by atoms with Gasteiger partial charge in [-0.15, -0.1) is 0 Å². The molecule has 1 aromatic carbocycles. The fraction of sp³-hybridized carbons (Fsp3) is 0.273. The molecule has 0 fully saturated rings. The number of rotatable bonds is 4. The van der Waals surface area contributed by atoms with Gasteiger partial charge in [0.2, 0.25) is 0 Å². The Labute approximate surface area is 104 Å². The highest BCUT2D eigenvalue weighted by molar-refractivity contribution is 7.80. The first-order chi connectivity index (χ1) is 8.13. The first-order valence-electron chi connectivity index (χ1n) is 5.08. The van der Waals surface area contributed by atoms with Crippen molar-refractivity contribution in [2.24, 2.45) is 0 Å². The van der Waals surface area contributed by atoms with Crippen molar-refractivity contribution in [2.45, 2.75) is 6.92 Å². The maximum Gasteiger partial charge on any atom is 0.325 e. The van der Waals surface area contributed by atoms with Crippen LogP contribution in [0.25, 0.3) is 0 Å². The molecule has 2 N–H and O–H groups in total. The number of nitrogens with one attached hydrogen (secondary N) is 2. The number of benzene rings is 1. The molecule has 0 aliphatic rings. The molecule has 0 amide bonds. The third-order valence-corrected chi connectivity index (χ3v) is 2.07. The van der Waals surface area contributed by atoms with E-state index in [-0.39, 0.29) is 17.3 Å². The second kappa shape index (κ2) is 6.80. The van der Waals surface area contributed by atoms with Gasteiger partial charge in [-0.2, -0.15) is 0 Å². The molecule has 0 saturated carbocycles. The van der Waals surface area contributed by atoms with Crippen molar-refractivity contribution in [3.05, 3.63) is 30.1 Å². The number of hydrogen-bond acceptors (Lipinski definition) is 3. The minimum atomic E-state index is -0.412. The van der Waals surface area contributed by atoms with Gasteiger partial charge in [0.1, 0.15) is 12.4 Å². The van der Waals surface area contributed by atoms with Gasteiger partial charge in [-0.05, 0) is 31.3 Å². The second-order valence-electron chi connectivity index (χ2n) is 3.09. The van der Waals surface area contributed by atoms with E-state index in [1.54, 1.807) is 25.1 Å². The quantitative estimate of drug-likeness (QED) is 0.634. The summed E-state index contributed by atoms with van der Waals surface area (Å²) in [5, 5.41) is 5.44. The molecule has 4 nitrogen and oxygen atoms in total. The van der Waals surface area contributed by atoms with Crippen LogP contribution in [0.1, 0.15) is 6.92 Å². The lowest BCUT2D eigenvalue weighted by atomic mass is 10.3. The Kier molecular flexibility index (Phi) is 5.35. The molecule has 1 aromatic rings. The summed E-state index contributed by atoms with van der Waals surface area (Å²) < 4.78 is 17.9. The standard InChI is InChI=1S/C11H13FN2O2S/c1-2-16-10(15)7-13-11(17)14-9-6-4-3-5-8(9)12/h3-6H,2,7H2,1H3,(H2,13,14,17). The first kappa shape index (κ1) is 13.4. The van der Waals surface area contributed by atoms with Crippen molar-refractivity contribution in [1.29, 1.82) is 0 Å². The van der Waals surface area contributed by atoms with Gasteiger partial charge >= 0.3 is 5.97 Å². The highest BCUT2D eigenvalue weighted by atomic mass is 32.1. The number of halogens is 1. The van der Waals surface area contributed by atoms with Crippen molar-refractivity contribution < 1.29 is 13.9 Å². The number of hydrogen-bond donors (Lipinski definition) is 2.